The number of piperidine rings is 1. The molecule has 166 valence electrons. The number of anilines is 2. The van der Waals surface area contributed by atoms with Gasteiger partial charge in [-0.15, -0.1) is 0 Å². The van der Waals surface area contributed by atoms with E-state index < -0.39 is 10.5 Å². The number of carbonyl (C=O) groups excluding carboxylic acids is 1. The summed E-state index contributed by atoms with van der Waals surface area (Å²) in [6.07, 6.45) is 5.21. The zero-order chi connectivity index (χ0) is 21.9. The van der Waals surface area contributed by atoms with Crippen LogP contribution in [0.25, 0.3) is 0 Å². The summed E-state index contributed by atoms with van der Waals surface area (Å²) in [5.74, 6) is 0.420. The fraction of sp³-hybridized carbons (Fsp3) is 0.682. The molecule has 0 radical (unpaired) electrons. The van der Waals surface area contributed by atoms with Crippen molar-refractivity contribution in [2.24, 2.45) is 5.92 Å². The van der Waals surface area contributed by atoms with E-state index in [1.165, 1.54) is 6.07 Å². The smallest absolute Gasteiger partial charge is 0.293 e. The lowest BCUT2D eigenvalue weighted by atomic mass is 9.87. The van der Waals surface area contributed by atoms with Gasteiger partial charge in [-0.3, -0.25) is 14.9 Å². The van der Waals surface area contributed by atoms with E-state index in [-0.39, 0.29) is 17.6 Å². The summed E-state index contributed by atoms with van der Waals surface area (Å²) in [6, 6.07) is 3.23. The minimum atomic E-state index is -0.719. The molecular formula is C22H34N4O4. The molecule has 1 saturated heterocycles. The minimum absolute atomic E-state index is 0.0907. The van der Waals surface area contributed by atoms with E-state index in [9.17, 15) is 20.0 Å². The average Bonchev–Trinajstić information content (AvgIpc) is 2.69. The number of amides is 1. The second-order valence-electron chi connectivity index (χ2n) is 9.09. The minimum Gasteiger partial charge on any atom is -0.390 e. The summed E-state index contributed by atoms with van der Waals surface area (Å²) >= 11 is 0. The van der Waals surface area contributed by atoms with Crippen LogP contribution in [0.2, 0.25) is 0 Å². The average molecular weight is 419 g/mol. The van der Waals surface area contributed by atoms with Crippen LogP contribution in [-0.4, -0.2) is 47.2 Å². The van der Waals surface area contributed by atoms with Crippen molar-refractivity contribution in [2.45, 2.75) is 70.9 Å². The predicted octanol–water partition coefficient (Wildman–Crippen LogP) is 3.69. The molecule has 1 aromatic carbocycles. The van der Waals surface area contributed by atoms with Gasteiger partial charge in [0.15, 0.2) is 0 Å². The summed E-state index contributed by atoms with van der Waals surface area (Å²) in [5.41, 5.74) is 0.630. The lowest BCUT2D eigenvalue weighted by molar-refractivity contribution is -0.384. The molecule has 1 aromatic rings. The van der Waals surface area contributed by atoms with Crippen molar-refractivity contribution >= 4 is 23.0 Å². The molecule has 1 aliphatic carbocycles. The lowest BCUT2D eigenvalue weighted by Crippen LogP contribution is -2.44. The molecule has 1 amide bonds. The molecule has 1 heterocycles. The van der Waals surface area contributed by atoms with Gasteiger partial charge in [0.05, 0.1) is 21.8 Å². The van der Waals surface area contributed by atoms with E-state index >= 15 is 0 Å². The largest absolute Gasteiger partial charge is 0.390 e. The van der Waals surface area contributed by atoms with Gasteiger partial charge in [0.25, 0.3) is 11.6 Å². The molecule has 8 heteroatoms. The van der Waals surface area contributed by atoms with E-state index in [2.05, 4.69) is 22.5 Å². The van der Waals surface area contributed by atoms with Crippen LogP contribution in [0.4, 0.5) is 17.1 Å². The Labute approximate surface area is 178 Å². The molecule has 2 fully saturated rings. The highest BCUT2D eigenvalue weighted by Crippen LogP contribution is 2.36. The third-order valence-corrected chi connectivity index (χ3v) is 6.45. The second kappa shape index (κ2) is 9.20. The van der Waals surface area contributed by atoms with Crippen LogP contribution in [0.3, 0.4) is 0 Å². The van der Waals surface area contributed by atoms with Gasteiger partial charge >= 0.3 is 0 Å². The monoisotopic (exact) mass is 418 g/mol. The fourth-order valence-electron chi connectivity index (χ4n) is 4.40. The standard InChI is InChI=1S/C22H34N4O4/c1-4-23-18-14-19(25-11-9-22(3,28)10-12-25)17(13-20(18)26(29)30)21(27)24-16-7-5-15(2)6-8-16/h13-16,23,28H,4-12H2,1-3H3,(H,24,27)/t15-,16-. The van der Waals surface area contributed by atoms with E-state index in [1.807, 2.05) is 13.8 Å². The van der Waals surface area contributed by atoms with Crippen molar-refractivity contribution in [3.05, 3.63) is 27.8 Å². The number of nitro groups is 1. The van der Waals surface area contributed by atoms with E-state index in [0.29, 0.717) is 55.3 Å². The number of benzene rings is 1. The Hall–Kier alpha value is -2.35. The van der Waals surface area contributed by atoms with Gasteiger partial charge in [0.2, 0.25) is 0 Å². The molecule has 2 aliphatic rings. The SMILES string of the molecule is CCNc1cc(N2CCC(C)(O)CC2)c(C(=O)N[C@H]2CC[C@H](C)CC2)cc1[N+](=O)[O-]. The van der Waals surface area contributed by atoms with Crippen molar-refractivity contribution in [1.29, 1.82) is 0 Å². The summed E-state index contributed by atoms with van der Waals surface area (Å²) in [5, 5.41) is 28.1. The molecule has 30 heavy (non-hydrogen) atoms. The highest BCUT2D eigenvalue weighted by atomic mass is 16.6. The molecule has 1 aliphatic heterocycles. The Bertz CT molecular complexity index is 778. The Morgan fingerprint density at radius 1 is 1.27 bits per heavy atom. The van der Waals surface area contributed by atoms with E-state index in [0.717, 1.165) is 25.7 Å². The topological polar surface area (TPSA) is 108 Å². The highest BCUT2D eigenvalue weighted by molar-refractivity contribution is 6.02. The summed E-state index contributed by atoms with van der Waals surface area (Å²) in [7, 11) is 0. The highest BCUT2D eigenvalue weighted by Gasteiger charge is 2.32. The number of hydrogen-bond donors (Lipinski definition) is 3. The second-order valence-corrected chi connectivity index (χ2v) is 9.09. The van der Waals surface area contributed by atoms with Crippen molar-refractivity contribution in [1.82, 2.24) is 5.32 Å². The van der Waals surface area contributed by atoms with E-state index in [1.54, 1.807) is 6.07 Å². The quantitative estimate of drug-likeness (QED) is 0.480. The van der Waals surface area contributed by atoms with Crippen LogP contribution < -0.4 is 15.5 Å². The summed E-state index contributed by atoms with van der Waals surface area (Å²) < 4.78 is 0. The Morgan fingerprint density at radius 3 is 2.47 bits per heavy atom. The molecule has 3 N–H and O–H groups in total. The first-order valence-corrected chi connectivity index (χ1v) is 11.0. The molecular weight excluding hydrogens is 384 g/mol. The molecule has 0 atom stereocenters. The third kappa shape index (κ3) is 5.22. The molecule has 0 unspecified atom stereocenters. The van der Waals surface area contributed by atoms with Gasteiger partial charge < -0.3 is 20.6 Å². The first-order valence-electron chi connectivity index (χ1n) is 11.0. The van der Waals surface area contributed by atoms with E-state index in [4.69, 9.17) is 0 Å². The maximum atomic E-state index is 13.2. The maximum absolute atomic E-state index is 13.2. The number of rotatable bonds is 6. The van der Waals surface area contributed by atoms with Gasteiger partial charge in [0, 0.05) is 31.7 Å². The zero-order valence-electron chi connectivity index (χ0n) is 18.2. The molecule has 0 bridgehead atoms. The van der Waals surface area contributed by atoms with Crippen molar-refractivity contribution in [2.75, 3.05) is 29.9 Å². The Balaban J connectivity index is 1.92. The van der Waals surface area contributed by atoms with Crippen molar-refractivity contribution in [3.8, 4) is 0 Å². The van der Waals surface area contributed by atoms with Crippen LogP contribution >= 0.6 is 0 Å². The van der Waals surface area contributed by atoms with Crippen molar-refractivity contribution in [3.63, 3.8) is 0 Å². The molecule has 3 rings (SSSR count). The number of hydrogen-bond acceptors (Lipinski definition) is 6. The predicted molar refractivity (Wildman–Crippen MR) is 118 cm³/mol. The van der Waals surface area contributed by atoms with Crippen LogP contribution in [0.1, 0.15) is 69.7 Å². The van der Waals surface area contributed by atoms with Gasteiger partial charge in [-0.1, -0.05) is 6.92 Å². The lowest BCUT2D eigenvalue weighted by Gasteiger charge is -2.38. The molecule has 0 spiro atoms. The normalized spacial score (nSPS) is 23.7. The van der Waals surface area contributed by atoms with Gasteiger partial charge in [-0.25, -0.2) is 0 Å². The summed E-state index contributed by atoms with van der Waals surface area (Å²) in [6.45, 7) is 7.66. The Kier molecular flexibility index (Phi) is 6.85. The third-order valence-electron chi connectivity index (χ3n) is 6.45. The fourth-order valence-corrected chi connectivity index (χ4v) is 4.40. The molecule has 0 aromatic heterocycles. The van der Waals surface area contributed by atoms with Crippen molar-refractivity contribution < 1.29 is 14.8 Å². The summed E-state index contributed by atoms with van der Waals surface area (Å²) in [4.78, 5) is 26.5. The first-order chi connectivity index (χ1) is 14.2. The molecule has 1 saturated carbocycles. The van der Waals surface area contributed by atoms with Crippen LogP contribution in [0.5, 0.6) is 0 Å². The number of carbonyl (C=O) groups is 1. The maximum Gasteiger partial charge on any atom is 0.293 e. The number of aliphatic hydroxyl groups is 1. The van der Waals surface area contributed by atoms with Crippen LogP contribution in [0.15, 0.2) is 12.1 Å². The van der Waals surface area contributed by atoms with Gasteiger partial charge in [-0.05, 0) is 64.4 Å². The first kappa shape index (κ1) is 22.3. The number of nitrogens with zero attached hydrogens (tertiary/aromatic N) is 2. The number of nitrogens with one attached hydrogen (secondary N) is 2. The Morgan fingerprint density at radius 2 is 1.90 bits per heavy atom. The van der Waals surface area contributed by atoms with Gasteiger partial charge in [0.1, 0.15) is 5.69 Å². The van der Waals surface area contributed by atoms with Crippen LogP contribution in [-0.2, 0) is 0 Å². The van der Waals surface area contributed by atoms with Crippen LogP contribution in [0, 0.1) is 16.0 Å². The number of nitro benzene ring substituents is 1. The zero-order valence-corrected chi connectivity index (χ0v) is 18.2. The van der Waals surface area contributed by atoms with Gasteiger partial charge in [-0.2, -0.15) is 0 Å². The molecule has 8 nitrogen and oxygen atoms in total.